The van der Waals surface area contributed by atoms with Gasteiger partial charge in [0, 0.05) is 17.6 Å². The van der Waals surface area contributed by atoms with E-state index in [0.717, 1.165) is 27.6 Å². The van der Waals surface area contributed by atoms with Crippen LogP contribution in [0.25, 0.3) is 10.9 Å². The molecular formula is C20H22N2O3S. The highest BCUT2D eigenvalue weighted by atomic mass is 32.2. The number of aromatic amines is 1. The SMILES string of the molecule is Cc1cccc(CS(=O)(=O)NCCc2ccc3[nH]c(=O)c(C)cc3c2)c1. The van der Waals surface area contributed by atoms with Crippen LogP contribution >= 0.6 is 0 Å². The fourth-order valence-corrected chi connectivity index (χ4v) is 4.08. The van der Waals surface area contributed by atoms with Gasteiger partial charge in [0.25, 0.3) is 5.56 Å². The Kier molecular flexibility index (Phi) is 5.25. The molecule has 1 aromatic heterocycles. The molecule has 0 spiro atoms. The number of pyridine rings is 1. The lowest BCUT2D eigenvalue weighted by molar-refractivity contribution is 0.581. The standard InChI is InChI=1S/C20H22N2O3S/c1-14-4-3-5-17(10-14)13-26(24,25)21-9-8-16-6-7-19-18(12-16)11-15(2)20(23)22-19/h3-7,10-12,21H,8-9,13H2,1-2H3,(H,22,23). The second kappa shape index (κ2) is 7.43. The van der Waals surface area contributed by atoms with Gasteiger partial charge in [-0.1, -0.05) is 35.9 Å². The van der Waals surface area contributed by atoms with E-state index in [2.05, 4.69) is 9.71 Å². The monoisotopic (exact) mass is 370 g/mol. The third-order valence-corrected chi connectivity index (χ3v) is 5.63. The molecule has 0 unspecified atom stereocenters. The molecule has 0 amide bonds. The molecule has 0 aliphatic rings. The number of nitrogens with one attached hydrogen (secondary N) is 2. The fourth-order valence-electron chi connectivity index (χ4n) is 2.94. The summed E-state index contributed by atoms with van der Waals surface area (Å²) in [7, 11) is -3.37. The van der Waals surface area contributed by atoms with E-state index in [0.29, 0.717) is 18.5 Å². The molecular weight excluding hydrogens is 348 g/mol. The Hall–Kier alpha value is -2.44. The topological polar surface area (TPSA) is 79.0 Å². The van der Waals surface area contributed by atoms with Crippen molar-refractivity contribution in [1.29, 1.82) is 0 Å². The predicted octanol–water partition coefficient (Wildman–Crippen LogP) is 2.81. The minimum absolute atomic E-state index is 0.0210. The normalized spacial score (nSPS) is 11.8. The highest BCUT2D eigenvalue weighted by Gasteiger charge is 2.11. The maximum atomic E-state index is 12.2. The molecule has 3 aromatic rings. The molecule has 0 radical (unpaired) electrons. The summed E-state index contributed by atoms with van der Waals surface area (Å²) < 4.78 is 27.1. The summed E-state index contributed by atoms with van der Waals surface area (Å²) in [5, 5.41) is 0.946. The maximum Gasteiger partial charge on any atom is 0.251 e. The van der Waals surface area contributed by atoms with E-state index < -0.39 is 10.0 Å². The Labute approximate surface area is 153 Å². The molecule has 0 bridgehead atoms. The van der Waals surface area contributed by atoms with Crippen LogP contribution in [-0.4, -0.2) is 19.9 Å². The van der Waals surface area contributed by atoms with Gasteiger partial charge in [-0.25, -0.2) is 13.1 Å². The molecule has 2 N–H and O–H groups in total. The van der Waals surface area contributed by atoms with Crippen molar-refractivity contribution >= 4 is 20.9 Å². The van der Waals surface area contributed by atoms with E-state index in [4.69, 9.17) is 0 Å². The predicted molar refractivity (Wildman–Crippen MR) is 105 cm³/mol. The van der Waals surface area contributed by atoms with Crippen molar-refractivity contribution in [3.05, 3.63) is 81.1 Å². The van der Waals surface area contributed by atoms with E-state index in [9.17, 15) is 13.2 Å². The first-order valence-electron chi connectivity index (χ1n) is 8.48. The molecule has 5 nitrogen and oxygen atoms in total. The summed E-state index contributed by atoms with van der Waals surface area (Å²) in [5.74, 6) is -0.0210. The molecule has 1 heterocycles. The van der Waals surface area contributed by atoms with Crippen molar-refractivity contribution in [2.24, 2.45) is 0 Å². The lowest BCUT2D eigenvalue weighted by Crippen LogP contribution is -2.27. The van der Waals surface area contributed by atoms with Crippen molar-refractivity contribution in [2.45, 2.75) is 26.0 Å². The van der Waals surface area contributed by atoms with Gasteiger partial charge in [0.15, 0.2) is 0 Å². The number of H-pyrrole nitrogens is 1. The highest BCUT2D eigenvalue weighted by Crippen LogP contribution is 2.14. The molecule has 3 rings (SSSR count). The summed E-state index contributed by atoms with van der Waals surface area (Å²) in [6, 6.07) is 15.1. The molecule has 0 saturated carbocycles. The molecule has 6 heteroatoms. The number of aromatic nitrogens is 1. The molecule has 136 valence electrons. The van der Waals surface area contributed by atoms with Crippen LogP contribution in [0.1, 0.15) is 22.3 Å². The van der Waals surface area contributed by atoms with Crippen molar-refractivity contribution in [1.82, 2.24) is 9.71 Å². The van der Waals surface area contributed by atoms with Crippen LogP contribution in [0.2, 0.25) is 0 Å². The van der Waals surface area contributed by atoms with Crippen LogP contribution in [-0.2, 0) is 22.2 Å². The van der Waals surface area contributed by atoms with Crippen molar-refractivity contribution in [3.63, 3.8) is 0 Å². The molecule has 0 atom stereocenters. The molecule has 0 fully saturated rings. The van der Waals surface area contributed by atoms with Crippen molar-refractivity contribution in [3.8, 4) is 0 Å². The van der Waals surface area contributed by atoms with Gasteiger partial charge in [-0.15, -0.1) is 0 Å². The van der Waals surface area contributed by atoms with Gasteiger partial charge >= 0.3 is 0 Å². The van der Waals surface area contributed by atoms with E-state index in [1.807, 2.05) is 55.5 Å². The molecule has 26 heavy (non-hydrogen) atoms. The average Bonchev–Trinajstić information content (AvgIpc) is 2.55. The molecule has 0 saturated heterocycles. The third kappa shape index (κ3) is 4.59. The number of fused-ring (bicyclic) bond motifs is 1. The number of benzene rings is 2. The van der Waals surface area contributed by atoms with Gasteiger partial charge in [-0.05, 0) is 55.0 Å². The Balaban J connectivity index is 1.64. The number of sulfonamides is 1. The van der Waals surface area contributed by atoms with Crippen LogP contribution in [0.5, 0.6) is 0 Å². The minimum atomic E-state index is -3.37. The minimum Gasteiger partial charge on any atom is -0.322 e. The van der Waals surface area contributed by atoms with E-state index in [-0.39, 0.29) is 11.3 Å². The average molecular weight is 370 g/mol. The smallest absolute Gasteiger partial charge is 0.251 e. The van der Waals surface area contributed by atoms with Gasteiger partial charge in [0.1, 0.15) is 0 Å². The summed E-state index contributed by atoms with van der Waals surface area (Å²) in [4.78, 5) is 14.5. The molecule has 2 aromatic carbocycles. The van der Waals surface area contributed by atoms with E-state index in [1.165, 1.54) is 0 Å². The quantitative estimate of drug-likeness (QED) is 0.700. The van der Waals surface area contributed by atoms with Gasteiger partial charge in [0.05, 0.1) is 5.75 Å². The van der Waals surface area contributed by atoms with Crippen LogP contribution in [0.4, 0.5) is 0 Å². The highest BCUT2D eigenvalue weighted by molar-refractivity contribution is 7.88. The number of hydrogen-bond acceptors (Lipinski definition) is 3. The lowest BCUT2D eigenvalue weighted by Gasteiger charge is -2.08. The first-order chi connectivity index (χ1) is 12.3. The summed E-state index contributed by atoms with van der Waals surface area (Å²) in [5.41, 5.74) is 4.19. The largest absolute Gasteiger partial charge is 0.322 e. The van der Waals surface area contributed by atoms with Crippen molar-refractivity contribution < 1.29 is 8.42 Å². The fraction of sp³-hybridized carbons (Fsp3) is 0.250. The van der Waals surface area contributed by atoms with Gasteiger partial charge in [-0.3, -0.25) is 4.79 Å². The maximum absolute atomic E-state index is 12.2. The summed E-state index contributed by atoms with van der Waals surface area (Å²) in [6.45, 7) is 4.05. The van der Waals surface area contributed by atoms with Crippen LogP contribution in [0, 0.1) is 13.8 Å². The Morgan fingerprint density at radius 2 is 1.81 bits per heavy atom. The second-order valence-corrected chi connectivity index (χ2v) is 8.40. The molecule has 0 aliphatic heterocycles. The lowest BCUT2D eigenvalue weighted by atomic mass is 10.1. The van der Waals surface area contributed by atoms with Gasteiger partial charge < -0.3 is 4.98 Å². The number of rotatable bonds is 6. The first-order valence-corrected chi connectivity index (χ1v) is 10.1. The zero-order valence-corrected chi connectivity index (χ0v) is 15.7. The zero-order chi connectivity index (χ0) is 18.7. The van der Waals surface area contributed by atoms with E-state index >= 15 is 0 Å². The number of hydrogen-bond donors (Lipinski definition) is 2. The number of aryl methyl sites for hydroxylation is 2. The van der Waals surface area contributed by atoms with Gasteiger partial charge in [0.2, 0.25) is 10.0 Å². The zero-order valence-electron chi connectivity index (χ0n) is 14.9. The summed E-state index contributed by atoms with van der Waals surface area (Å²) >= 11 is 0. The first kappa shape index (κ1) is 18.4. The second-order valence-electron chi connectivity index (χ2n) is 6.60. The van der Waals surface area contributed by atoms with E-state index in [1.54, 1.807) is 6.92 Å². The third-order valence-electron chi connectivity index (χ3n) is 4.27. The Morgan fingerprint density at radius 3 is 2.58 bits per heavy atom. The van der Waals surface area contributed by atoms with Crippen LogP contribution in [0.15, 0.2) is 53.3 Å². The Morgan fingerprint density at radius 1 is 1.00 bits per heavy atom. The Bertz CT molecular complexity index is 1100. The van der Waals surface area contributed by atoms with Crippen LogP contribution < -0.4 is 10.3 Å². The molecule has 0 aliphatic carbocycles. The van der Waals surface area contributed by atoms with Crippen molar-refractivity contribution in [2.75, 3.05) is 6.54 Å². The summed E-state index contributed by atoms with van der Waals surface area (Å²) in [6.07, 6.45) is 0.584. The van der Waals surface area contributed by atoms with Gasteiger partial charge in [-0.2, -0.15) is 0 Å². The van der Waals surface area contributed by atoms with Crippen LogP contribution in [0.3, 0.4) is 0 Å².